The van der Waals surface area contributed by atoms with Crippen LogP contribution in [0, 0.1) is 0 Å². The van der Waals surface area contributed by atoms with Crippen LogP contribution in [0.3, 0.4) is 0 Å². The van der Waals surface area contributed by atoms with Crippen molar-refractivity contribution in [2.45, 2.75) is 18.4 Å². The standard InChI is InChI=1S/C16H17F2N3O3S.ClH/c17-16(18)8-10(19-9-16)14(22)20-2-4-21(5-3-20)15(23)13-7-11-12(25-13)1-6-24-11;/h1,6-7,10,19H,2-5,8-9H2;1H. The number of carbonyl (C=O) groups excluding carboxylic acids is 2. The van der Waals surface area contributed by atoms with E-state index in [2.05, 4.69) is 5.32 Å². The number of piperazine rings is 1. The number of nitrogens with one attached hydrogen (secondary N) is 1. The minimum absolute atomic E-state index is 0. The summed E-state index contributed by atoms with van der Waals surface area (Å²) in [5.74, 6) is -3.22. The van der Waals surface area contributed by atoms with Crippen molar-refractivity contribution < 1.29 is 22.8 Å². The lowest BCUT2D eigenvalue weighted by molar-refractivity contribution is -0.135. The molecule has 0 saturated carbocycles. The van der Waals surface area contributed by atoms with Crippen LogP contribution in [-0.2, 0) is 4.79 Å². The Bertz CT molecular complexity index is 788. The first kappa shape index (κ1) is 19.1. The summed E-state index contributed by atoms with van der Waals surface area (Å²) >= 11 is 1.37. The van der Waals surface area contributed by atoms with Crippen LogP contribution in [0.25, 0.3) is 10.3 Å². The zero-order valence-corrected chi connectivity index (χ0v) is 15.4. The van der Waals surface area contributed by atoms with Crippen LogP contribution in [0.4, 0.5) is 8.78 Å². The van der Waals surface area contributed by atoms with Crippen molar-refractivity contribution in [3.63, 3.8) is 0 Å². The number of amides is 2. The van der Waals surface area contributed by atoms with Gasteiger partial charge in [-0.2, -0.15) is 0 Å². The summed E-state index contributed by atoms with van der Waals surface area (Å²) in [5.41, 5.74) is 0.690. The molecule has 2 aliphatic heterocycles. The Morgan fingerprint density at radius 3 is 2.54 bits per heavy atom. The molecule has 2 aromatic heterocycles. The molecular weight excluding hydrogens is 388 g/mol. The lowest BCUT2D eigenvalue weighted by Gasteiger charge is -2.35. The van der Waals surface area contributed by atoms with Crippen molar-refractivity contribution in [2.75, 3.05) is 32.7 Å². The Morgan fingerprint density at radius 2 is 1.92 bits per heavy atom. The van der Waals surface area contributed by atoms with E-state index in [1.54, 1.807) is 22.1 Å². The molecule has 1 atom stereocenters. The zero-order chi connectivity index (χ0) is 17.6. The molecule has 1 unspecified atom stereocenters. The largest absolute Gasteiger partial charge is 0.463 e. The predicted octanol–water partition coefficient (Wildman–Crippen LogP) is 2.20. The lowest BCUT2D eigenvalue weighted by atomic mass is 10.1. The monoisotopic (exact) mass is 405 g/mol. The molecule has 6 nitrogen and oxygen atoms in total. The van der Waals surface area contributed by atoms with Crippen LogP contribution in [0.5, 0.6) is 0 Å². The smallest absolute Gasteiger partial charge is 0.264 e. The van der Waals surface area contributed by atoms with Gasteiger partial charge in [0, 0.05) is 38.7 Å². The molecule has 2 saturated heterocycles. The number of fused-ring (bicyclic) bond motifs is 1. The number of carbonyl (C=O) groups is 2. The van der Waals surface area contributed by atoms with E-state index in [-0.39, 0.29) is 24.2 Å². The summed E-state index contributed by atoms with van der Waals surface area (Å²) in [6, 6.07) is 2.71. The SMILES string of the molecule is Cl.O=C(c1cc2occc2s1)N1CCN(C(=O)C2CC(F)(F)CN2)CC1. The fourth-order valence-corrected chi connectivity index (χ4v) is 4.22. The highest BCUT2D eigenvalue weighted by molar-refractivity contribution is 7.20. The second kappa shape index (κ2) is 7.13. The van der Waals surface area contributed by atoms with Crippen molar-refractivity contribution in [2.24, 2.45) is 0 Å². The van der Waals surface area contributed by atoms with Crippen LogP contribution in [-0.4, -0.2) is 66.3 Å². The molecule has 10 heteroatoms. The zero-order valence-electron chi connectivity index (χ0n) is 13.7. The van der Waals surface area contributed by atoms with Gasteiger partial charge in [-0.25, -0.2) is 8.78 Å². The van der Waals surface area contributed by atoms with Crippen LogP contribution >= 0.6 is 23.7 Å². The fraction of sp³-hybridized carbons (Fsp3) is 0.500. The summed E-state index contributed by atoms with van der Waals surface area (Å²) in [5, 5.41) is 2.59. The maximum absolute atomic E-state index is 13.2. The van der Waals surface area contributed by atoms with Crippen LogP contribution in [0.2, 0.25) is 0 Å². The van der Waals surface area contributed by atoms with Gasteiger partial charge in [-0.1, -0.05) is 0 Å². The summed E-state index contributed by atoms with van der Waals surface area (Å²) in [4.78, 5) is 28.7. The van der Waals surface area contributed by atoms with Crippen molar-refractivity contribution in [1.82, 2.24) is 15.1 Å². The number of halogens is 3. The Morgan fingerprint density at radius 1 is 1.23 bits per heavy atom. The average molecular weight is 406 g/mol. The first-order valence-electron chi connectivity index (χ1n) is 8.09. The minimum atomic E-state index is -2.83. The summed E-state index contributed by atoms with van der Waals surface area (Å²) < 4.78 is 32.7. The summed E-state index contributed by atoms with van der Waals surface area (Å²) in [7, 11) is 0. The van der Waals surface area contributed by atoms with Crippen LogP contribution < -0.4 is 5.32 Å². The van der Waals surface area contributed by atoms with Gasteiger partial charge in [-0.15, -0.1) is 23.7 Å². The van der Waals surface area contributed by atoms with Crippen molar-refractivity contribution in [3.8, 4) is 0 Å². The highest BCUT2D eigenvalue weighted by atomic mass is 35.5. The quantitative estimate of drug-likeness (QED) is 0.831. The average Bonchev–Trinajstić information content (AvgIpc) is 3.27. The van der Waals surface area contributed by atoms with Crippen LogP contribution in [0.1, 0.15) is 16.1 Å². The summed E-state index contributed by atoms with van der Waals surface area (Å²) in [6.45, 7) is 1.05. The predicted molar refractivity (Wildman–Crippen MR) is 95.2 cm³/mol. The van der Waals surface area contributed by atoms with Gasteiger partial charge in [0.25, 0.3) is 11.8 Å². The number of alkyl halides is 2. The molecule has 1 N–H and O–H groups in total. The van der Waals surface area contributed by atoms with Gasteiger partial charge < -0.3 is 14.2 Å². The first-order chi connectivity index (χ1) is 11.9. The Labute approximate surface area is 158 Å². The van der Waals surface area contributed by atoms with E-state index in [1.807, 2.05) is 6.07 Å². The third kappa shape index (κ3) is 3.56. The van der Waals surface area contributed by atoms with E-state index in [0.717, 1.165) is 4.70 Å². The molecule has 2 amide bonds. The lowest BCUT2D eigenvalue weighted by Crippen LogP contribution is -2.54. The van der Waals surface area contributed by atoms with Crippen molar-refractivity contribution >= 4 is 45.8 Å². The molecule has 2 fully saturated rings. The highest BCUT2D eigenvalue weighted by Gasteiger charge is 2.44. The number of thiophene rings is 1. The molecule has 26 heavy (non-hydrogen) atoms. The summed E-state index contributed by atoms with van der Waals surface area (Å²) in [6.07, 6.45) is 1.12. The van der Waals surface area contributed by atoms with E-state index in [1.165, 1.54) is 11.3 Å². The molecule has 4 rings (SSSR count). The Kier molecular flexibility index (Phi) is 5.23. The third-order valence-corrected chi connectivity index (χ3v) is 5.71. The van der Waals surface area contributed by atoms with Crippen molar-refractivity contribution in [3.05, 3.63) is 23.3 Å². The maximum Gasteiger partial charge on any atom is 0.264 e. The van der Waals surface area contributed by atoms with E-state index in [4.69, 9.17) is 4.42 Å². The number of nitrogens with zero attached hydrogens (tertiary/aromatic N) is 2. The first-order valence-corrected chi connectivity index (χ1v) is 8.91. The topological polar surface area (TPSA) is 65.8 Å². The number of hydrogen-bond acceptors (Lipinski definition) is 5. The Hall–Kier alpha value is -1.71. The van der Waals surface area contributed by atoms with Gasteiger partial charge in [0.05, 0.1) is 28.4 Å². The molecule has 0 aliphatic carbocycles. The van der Waals surface area contributed by atoms with Gasteiger partial charge >= 0.3 is 0 Å². The van der Waals surface area contributed by atoms with Gasteiger partial charge in [-0.3, -0.25) is 14.9 Å². The van der Waals surface area contributed by atoms with Gasteiger partial charge in [0.15, 0.2) is 0 Å². The Balaban J connectivity index is 0.00000196. The van der Waals surface area contributed by atoms with E-state index >= 15 is 0 Å². The van der Waals surface area contributed by atoms with Gasteiger partial charge in [0.2, 0.25) is 5.91 Å². The van der Waals surface area contributed by atoms with E-state index in [9.17, 15) is 18.4 Å². The highest BCUT2D eigenvalue weighted by Crippen LogP contribution is 2.28. The van der Waals surface area contributed by atoms with Crippen molar-refractivity contribution in [1.29, 1.82) is 0 Å². The number of hydrogen-bond donors (Lipinski definition) is 1. The number of furan rings is 1. The minimum Gasteiger partial charge on any atom is -0.463 e. The second-order valence-electron chi connectivity index (χ2n) is 6.37. The molecule has 4 heterocycles. The maximum atomic E-state index is 13.2. The fourth-order valence-electron chi connectivity index (χ4n) is 3.27. The third-order valence-electron chi connectivity index (χ3n) is 4.64. The van der Waals surface area contributed by atoms with Gasteiger partial charge in [-0.05, 0) is 6.07 Å². The molecule has 2 aliphatic rings. The second-order valence-corrected chi connectivity index (χ2v) is 7.45. The van der Waals surface area contributed by atoms with E-state index in [0.29, 0.717) is 36.6 Å². The number of rotatable bonds is 2. The molecular formula is C16H18ClF2N3O3S. The van der Waals surface area contributed by atoms with Gasteiger partial charge in [0.1, 0.15) is 5.58 Å². The molecule has 2 aromatic rings. The molecule has 0 aromatic carbocycles. The van der Waals surface area contributed by atoms with Crippen LogP contribution in [0.15, 0.2) is 22.8 Å². The molecule has 0 bridgehead atoms. The molecule has 142 valence electrons. The van der Waals surface area contributed by atoms with E-state index < -0.39 is 24.9 Å². The molecule has 0 spiro atoms. The normalized spacial score (nSPS) is 22.5. The molecule has 0 radical (unpaired) electrons.